The molecule has 8 heteroatoms. The molecule has 1 aliphatic heterocycles. The molecule has 4 rings (SSSR count). The van der Waals surface area contributed by atoms with Gasteiger partial charge in [-0.2, -0.15) is 9.97 Å². The van der Waals surface area contributed by atoms with Gasteiger partial charge in [0.1, 0.15) is 0 Å². The van der Waals surface area contributed by atoms with Gasteiger partial charge in [-0.1, -0.05) is 17.7 Å². The van der Waals surface area contributed by atoms with Crippen LogP contribution in [-0.4, -0.2) is 43.8 Å². The third-order valence-electron chi connectivity index (χ3n) is 4.63. The van der Waals surface area contributed by atoms with Gasteiger partial charge in [-0.3, -0.25) is 0 Å². The Morgan fingerprint density at radius 3 is 2.81 bits per heavy atom. The molecule has 0 radical (unpaired) electrons. The van der Waals surface area contributed by atoms with Gasteiger partial charge in [-0.05, 0) is 38.0 Å². The highest BCUT2D eigenvalue weighted by Crippen LogP contribution is 2.27. The van der Waals surface area contributed by atoms with Crippen LogP contribution in [0.1, 0.15) is 19.8 Å². The van der Waals surface area contributed by atoms with Crippen LogP contribution in [0.25, 0.3) is 11.2 Å². The van der Waals surface area contributed by atoms with Crippen molar-refractivity contribution in [3.05, 3.63) is 35.6 Å². The summed E-state index contributed by atoms with van der Waals surface area (Å²) in [5, 5.41) is 13.7. The summed E-state index contributed by atoms with van der Waals surface area (Å²) in [5.74, 6) is 1.31. The van der Waals surface area contributed by atoms with Crippen LogP contribution in [0.5, 0.6) is 0 Å². The quantitative estimate of drug-likeness (QED) is 0.732. The molecule has 1 aromatic carbocycles. The number of anilines is 3. The van der Waals surface area contributed by atoms with Crippen LogP contribution in [0.3, 0.4) is 0 Å². The number of aliphatic hydroxyl groups is 1. The van der Waals surface area contributed by atoms with Gasteiger partial charge in [0.2, 0.25) is 5.95 Å². The molecular weight excluding hydrogens is 352 g/mol. The SMILES string of the molecule is CCn1cnc2c(Nc3cccc(Cl)c3)nc(N3CCC(O)CC3)nc21. The summed E-state index contributed by atoms with van der Waals surface area (Å²) >= 11 is 6.10. The third-order valence-corrected chi connectivity index (χ3v) is 4.86. The fraction of sp³-hybridized carbons (Fsp3) is 0.389. The first-order chi connectivity index (χ1) is 12.6. The van der Waals surface area contributed by atoms with Gasteiger partial charge < -0.3 is 19.9 Å². The molecule has 0 aliphatic carbocycles. The average molecular weight is 373 g/mol. The van der Waals surface area contributed by atoms with Gasteiger partial charge in [0.25, 0.3) is 0 Å². The number of rotatable bonds is 4. The van der Waals surface area contributed by atoms with E-state index in [1.165, 1.54) is 0 Å². The molecule has 7 nitrogen and oxygen atoms in total. The van der Waals surface area contributed by atoms with E-state index in [0.29, 0.717) is 16.8 Å². The first-order valence-electron chi connectivity index (χ1n) is 8.82. The molecule has 0 atom stereocenters. The van der Waals surface area contributed by atoms with Crippen LogP contribution >= 0.6 is 11.6 Å². The first-order valence-corrected chi connectivity index (χ1v) is 9.20. The highest BCUT2D eigenvalue weighted by atomic mass is 35.5. The molecule has 3 heterocycles. The maximum atomic E-state index is 9.76. The zero-order valence-electron chi connectivity index (χ0n) is 14.6. The minimum absolute atomic E-state index is 0.236. The van der Waals surface area contributed by atoms with E-state index in [1.807, 2.05) is 28.8 Å². The van der Waals surface area contributed by atoms with Crippen molar-refractivity contribution >= 4 is 40.2 Å². The minimum atomic E-state index is -0.236. The molecule has 26 heavy (non-hydrogen) atoms. The molecule has 0 amide bonds. The Bertz CT molecular complexity index is 919. The largest absolute Gasteiger partial charge is 0.393 e. The molecule has 0 unspecified atom stereocenters. The van der Waals surface area contributed by atoms with Crippen molar-refractivity contribution in [1.82, 2.24) is 19.5 Å². The standard InChI is InChI=1S/C18H21ClN6O/c1-2-24-11-20-15-16(21-13-5-3-4-12(19)10-13)22-18(23-17(15)24)25-8-6-14(26)7-9-25/h3-5,10-11,14,26H,2,6-9H2,1H3,(H,21,22,23). The van der Waals surface area contributed by atoms with Gasteiger partial charge >= 0.3 is 0 Å². The molecular formula is C18H21ClN6O. The molecule has 3 aromatic rings. The van der Waals surface area contributed by atoms with Crippen LogP contribution in [0.4, 0.5) is 17.5 Å². The lowest BCUT2D eigenvalue weighted by Gasteiger charge is -2.29. The fourth-order valence-electron chi connectivity index (χ4n) is 3.16. The second-order valence-corrected chi connectivity index (χ2v) is 6.87. The van der Waals surface area contributed by atoms with E-state index in [-0.39, 0.29) is 6.10 Å². The Hall–Kier alpha value is -2.38. The van der Waals surface area contributed by atoms with E-state index in [9.17, 15) is 5.11 Å². The average Bonchev–Trinajstić information content (AvgIpc) is 3.06. The number of aliphatic hydroxyl groups excluding tert-OH is 1. The summed E-state index contributed by atoms with van der Waals surface area (Å²) in [6.45, 7) is 4.32. The summed E-state index contributed by atoms with van der Waals surface area (Å²) in [4.78, 5) is 16.1. The number of aryl methyl sites for hydroxylation is 1. The lowest BCUT2D eigenvalue weighted by molar-refractivity contribution is 0.145. The first kappa shape index (κ1) is 17.1. The number of nitrogens with one attached hydrogen (secondary N) is 1. The zero-order valence-corrected chi connectivity index (χ0v) is 15.3. The molecule has 1 aliphatic rings. The fourth-order valence-corrected chi connectivity index (χ4v) is 3.35. The van der Waals surface area contributed by atoms with E-state index in [2.05, 4.69) is 22.1 Å². The van der Waals surface area contributed by atoms with Crippen LogP contribution in [0.2, 0.25) is 5.02 Å². The van der Waals surface area contributed by atoms with Gasteiger partial charge in [-0.25, -0.2) is 4.98 Å². The van der Waals surface area contributed by atoms with Crippen molar-refractivity contribution in [2.75, 3.05) is 23.3 Å². The van der Waals surface area contributed by atoms with Gasteiger partial charge in [0, 0.05) is 30.3 Å². The van der Waals surface area contributed by atoms with E-state index >= 15 is 0 Å². The van der Waals surface area contributed by atoms with Crippen LogP contribution in [0, 0.1) is 0 Å². The van der Waals surface area contributed by atoms with E-state index in [1.54, 1.807) is 6.33 Å². The number of halogens is 1. The topological polar surface area (TPSA) is 79.1 Å². The second kappa shape index (κ2) is 7.09. The molecule has 2 N–H and O–H groups in total. The molecule has 136 valence electrons. The molecule has 0 saturated carbocycles. The van der Waals surface area contributed by atoms with Crippen molar-refractivity contribution in [2.24, 2.45) is 0 Å². The van der Waals surface area contributed by atoms with Crippen molar-refractivity contribution in [2.45, 2.75) is 32.4 Å². The summed E-state index contributed by atoms with van der Waals surface area (Å²) in [6.07, 6.45) is 3.00. The molecule has 0 spiro atoms. The lowest BCUT2D eigenvalue weighted by Crippen LogP contribution is -2.37. The number of hydrogen-bond donors (Lipinski definition) is 2. The normalized spacial score (nSPS) is 15.6. The number of aromatic nitrogens is 4. The Morgan fingerprint density at radius 2 is 2.08 bits per heavy atom. The predicted octanol–water partition coefficient (Wildman–Crippen LogP) is 3.20. The Kier molecular flexibility index (Phi) is 4.65. The number of imidazole rings is 1. The summed E-state index contributed by atoms with van der Waals surface area (Å²) in [6, 6.07) is 7.51. The molecule has 2 aromatic heterocycles. The Balaban J connectivity index is 1.76. The third kappa shape index (κ3) is 3.32. The minimum Gasteiger partial charge on any atom is -0.393 e. The maximum absolute atomic E-state index is 9.76. The van der Waals surface area contributed by atoms with Crippen molar-refractivity contribution in [3.8, 4) is 0 Å². The maximum Gasteiger partial charge on any atom is 0.229 e. The van der Waals surface area contributed by atoms with Crippen molar-refractivity contribution < 1.29 is 5.11 Å². The molecule has 1 saturated heterocycles. The molecule has 0 bridgehead atoms. The van der Waals surface area contributed by atoms with Gasteiger partial charge in [0.15, 0.2) is 17.0 Å². The van der Waals surface area contributed by atoms with Gasteiger partial charge in [-0.15, -0.1) is 0 Å². The highest BCUT2D eigenvalue weighted by Gasteiger charge is 2.22. The second-order valence-electron chi connectivity index (χ2n) is 6.43. The number of nitrogens with zero attached hydrogens (tertiary/aromatic N) is 5. The van der Waals surface area contributed by atoms with Crippen LogP contribution in [-0.2, 0) is 6.54 Å². The lowest BCUT2D eigenvalue weighted by atomic mass is 10.1. The van der Waals surface area contributed by atoms with E-state index in [0.717, 1.165) is 49.3 Å². The van der Waals surface area contributed by atoms with E-state index in [4.69, 9.17) is 21.6 Å². The number of hydrogen-bond acceptors (Lipinski definition) is 6. The highest BCUT2D eigenvalue weighted by molar-refractivity contribution is 6.30. The summed E-state index contributed by atoms with van der Waals surface area (Å²) in [7, 11) is 0. The number of fused-ring (bicyclic) bond motifs is 1. The predicted molar refractivity (Wildman–Crippen MR) is 103 cm³/mol. The summed E-state index contributed by atoms with van der Waals surface area (Å²) in [5.41, 5.74) is 2.38. The van der Waals surface area contributed by atoms with Crippen molar-refractivity contribution in [3.63, 3.8) is 0 Å². The van der Waals surface area contributed by atoms with E-state index < -0.39 is 0 Å². The van der Waals surface area contributed by atoms with Crippen molar-refractivity contribution in [1.29, 1.82) is 0 Å². The molecule has 1 fully saturated rings. The Labute approximate surface area is 156 Å². The number of benzene rings is 1. The van der Waals surface area contributed by atoms with Crippen LogP contribution < -0.4 is 10.2 Å². The Morgan fingerprint density at radius 1 is 1.27 bits per heavy atom. The smallest absolute Gasteiger partial charge is 0.229 e. The zero-order chi connectivity index (χ0) is 18.1. The monoisotopic (exact) mass is 372 g/mol. The van der Waals surface area contributed by atoms with Gasteiger partial charge in [0.05, 0.1) is 12.4 Å². The number of piperidine rings is 1. The van der Waals surface area contributed by atoms with Crippen LogP contribution in [0.15, 0.2) is 30.6 Å². The summed E-state index contributed by atoms with van der Waals surface area (Å²) < 4.78 is 2.00.